The average molecular weight is 489 g/mol. The van der Waals surface area contributed by atoms with E-state index in [9.17, 15) is 9.59 Å². The SMILES string of the molecule is CCc1ccccc1NC(=O)COc1ccc(C(C)(C)C)cc1OCC(=O)Nc1ccccc1CC. The van der Waals surface area contributed by atoms with Crippen molar-refractivity contribution in [2.24, 2.45) is 0 Å². The zero-order valence-electron chi connectivity index (χ0n) is 21.8. The van der Waals surface area contributed by atoms with Gasteiger partial charge >= 0.3 is 0 Å². The van der Waals surface area contributed by atoms with E-state index in [1.807, 2.05) is 74.5 Å². The second-order valence-corrected chi connectivity index (χ2v) is 9.61. The number of amides is 2. The number of para-hydroxylation sites is 2. The number of benzene rings is 3. The van der Waals surface area contributed by atoms with Gasteiger partial charge in [-0.05, 0) is 59.2 Å². The summed E-state index contributed by atoms with van der Waals surface area (Å²) in [4.78, 5) is 25.2. The van der Waals surface area contributed by atoms with Crippen LogP contribution < -0.4 is 20.1 Å². The predicted molar refractivity (Wildman–Crippen MR) is 145 cm³/mol. The van der Waals surface area contributed by atoms with Crippen molar-refractivity contribution in [1.29, 1.82) is 0 Å². The fraction of sp³-hybridized carbons (Fsp3) is 0.333. The molecule has 0 aliphatic carbocycles. The number of hydrogen-bond acceptors (Lipinski definition) is 4. The Bertz CT molecular complexity index is 1200. The third-order valence-corrected chi connectivity index (χ3v) is 5.87. The molecule has 0 bridgehead atoms. The molecule has 0 aliphatic heterocycles. The molecule has 0 spiro atoms. The average Bonchev–Trinajstić information content (AvgIpc) is 2.86. The molecule has 0 aliphatic rings. The van der Waals surface area contributed by atoms with Crippen molar-refractivity contribution in [3.63, 3.8) is 0 Å². The van der Waals surface area contributed by atoms with Gasteiger partial charge in [0.25, 0.3) is 11.8 Å². The fourth-order valence-corrected chi connectivity index (χ4v) is 3.77. The van der Waals surface area contributed by atoms with Gasteiger partial charge in [-0.2, -0.15) is 0 Å². The van der Waals surface area contributed by atoms with Crippen LogP contribution in [0.2, 0.25) is 0 Å². The van der Waals surface area contributed by atoms with E-state index < -0.39 is 0 Å². The van der Waals surface area contributed by atoms with E-state index in [0.29, 0.717) is 11.5 Å². The molecule has 2 N–H and O–H groups in total. The second-order valence-electron chi connectivity index (χ2n) is 9.61. The summed E-state index contributed by atoms with van der Waals surface area (Å²) in [5.74, 6) is 0.291. The summed E-state index contributed by atoms with van der Waals surface area (Å²) in [5.41, 5.74) is 4.57. The van der Waals surface area contributed by atoms with Gasteiger partial charge in [-0.1, -0.05) is 77.1 Å². The Morgan fingerprint density at radius 3 is 1.64 bits per heavy atom. The van der Waals surface area contributed by atoms with E-state index in [1.54, 1.807) is 6.07 Å². The molecule has 190 valence electrons. The van der Waals surface area contributed by atoms with E-state index in [4.69, 9.17) is 9.47 Å². The van der Waals surface area contributed by atoms with Gasteiger partial charge in [0, 0.05) is 11.4 Å². The molecule has 0 saturated carbocycles. The van der Waals surface area contributed by atoms with Crippen molar-refractivity contribution in [2.45, 2.75) is 52.9 Å². The molecule has 0 saturated heterocycles. The van der Waals surface area contributed by atoms with Crippen LogP contribution in [0.4, 0.5) is 11.4 Å². The number of hydrogen-bond donors (Lipinski definition) is 2. The van der Waals surface area contributed by atoms with Gasteiger partial charge in [0.1, 0.15) is 0 Å². The summed E-state index contributed by atoms with van der Waals surface area (Å²) in [5, 5.41) is 5.82. The summed E-state index contributed by atoms with van der Waals surface area (Å²) in [7, 11) is 0. The Morgan fingerprint density at radius 2 is 1.17 bits per heavy atom. The van der Waals surface area contributed by atoms with E-state index in [1.165, 1.54) is 0 Å². The van der Waals surface area contributed by atoms with Crippen molar-refractivity contribution in [2.75, 3.05) is 23.8 Å². The molecular formula is C30H36N2O4. The normalized spacial score (nSPS) is 11.0. The maximum absolute atomic E-state index is 12.6. The molecule has 0 radical (unpaired) electrons. The van der Waals surface area contributed by atoms with Crippen molar-refractivity contribution >= 4 is 23.2 Å². The lowest BCUT2D eigenvalue weighted by atomic mass is 9.87. The Morgan fingerprint density at radius 1 is 0.694 bits per heavy atom. The Hall–Kier alpha value is -3.80. The Balaban J connectivity index is 1.69. The van der Waals surface area contributed by atoms with Gasteiger partial charge in [0.2, 0.25) is 0 Å². The molecule has 0 atom stereocenters. The number of nitrogens with one attached hydrogen (secondary N) is 2. The maximum atomic E-state index is 12.6. The van der Waals surface area contributed by atoms with Crippen molar-refractivity contribution in [3.8, 4) is 11.5 Å². The smallest absolute Gasteiger partial charge is 0.262 e. The Kier molecular flexibility index (Phi) is 9.12. The topological polar surface area (TPSA) is 76.7 Å². The quantitative estimate of drug-likeness (QED) is 0.359. The summed E-state index contributed by atoms with van der Waals surface area (Å²) in [6.07, 6.45) is 1.63. The number of aryl methyl sites for hydroxylation is 2. The molecule has 0 aromatic heterocycles. The monoisotopic (exact) mass is 488 g/mol. The van der Waals surface area contributed by atoms with Gasteiger partial charge in [0.05, 0.1) is 0 Å². The highest BCUT2D eigenvalue weighted by Gasteiger charge is 2.18. The van der Waals surface area contributed by atoms with Crippen LogP contribution in [0.5, 0.6) is 11.5 Å². The van der Waals surface area contributed by atoms with Crippen molar-refractivity contribution in [3.05, 3.63) is 83.4 Å². The van der Waals surface area contributed by atoms with Gasteiger partial charge in [-0.25, -0.2) is 0 Å². The highest BCUT2D eigenvalue weighted by molar-refractivity contribution is 5.93. The largest absolute Gasteiger partial charge is 0.480 e. The van der Waals surface area contributed by atoms with Crippen molar-refractivity contribution in [1.82, 2.24) is 0 Å². The minimum atomic E-state index is -0.268. The van der Waals surface area contributed by atoms with Crippen LogP contribution in [0.1, 0.15) is 51.3 Å². The van der Waals surface area contributed by atoms with E-state index in [0.717, 1.165) is 40.9 Å². The molecule has 6 heteroatoms. The van der Waals surface area contributed by atoms with Crippen LogP contribution in [-0.4, -0.2) is 25.0 Å². The van der Waals surface area contributed by atoms with Gasteiger partial charge in [-0.3, -0.25) is 9.59 Å². The summed E-state index contributed by atoms with van der Waals surface area (Å²) >= 11 is 0. The molecule has 0 unspecified atom stereocenters. The highest BCUT2D eigenvalue weighted by Crippen LogP contribution is 2.33. The standard InChI is InChI=1S/C30H36N2O4/c1-6-21-12-8-10-14-24(21)31-28(33)19-35-26-17-16-23(30(3,4)5)18-27(26)36-20-29(34)32-25-15-11-9-13-22(25)7-2/h8-18H,6-7,19-20H2,1-5H3,(H,31,33)(H,32,34). The summed E-state index contributed by atoms with van der Waals surface area (Å²) < 4.78 is 11.7. The van der Waals surface area contributed by atoms with Gasteiger partial charge < -0.3 is 20.1 Å². The van der Waals surface area contributed by atoms with E-state index in [-0.39, 0.29) is 30.4 Å². The molecule has 0 heterocycles. The van der Waals surface area contributed by atoms with Crippen LogP contribution in [0.25, 0.3) is 0 Å². The van der Waals surface area contributed by atoms with Gasteiger partial charge in [0.15, 0.2) is 24.7 Å². The van der Waals surface area contributed by atoms with E-state index in [2.05, 4.69) is 31.4 Å². The molecule has 0 fully saturated rings. The molecule has 3 aromatic carbocycles. The number of carbonyl (C=O) groups excluding carboxylic acids is 2. The first kappa shape index (κ1) is 26.8. The third kappa shape index (κ3) is 7.35. The van der Waals surface area contributed by atoms with Crippen LogP contribution in [0.3, 0.4) is 0 Å². The van der Waals surface area contributed by atoms with Gasteiger partial charge in [-0.15, -0.1) is 0 Å². The molecule has 6 nitrogen and oxygen atoms in total. The highest BCUT2D eigenvalue weighted by atomic mass is 16.5. The molecule has 3 aromatic rings. The van der Waals surface area contributed by atoms with Crippen LogP contribution >= 0.6 is 0 Å². The summed E-state index contributed by atoms with van der Waals surface area (Å²) in [6, 6.07) is 21.0. The first-order chi connectivity index (χ1) is 17.2. The Labute approximate surface area is 214 Å². The fourth-order valence-electron chi connectivity index (χ4n) is 3.77. The lowest BCUT2D eigenvalue weighted by molar-refractivity contribution is -0.119. The predicted octanol–water partition coefficient (Wildman–Crippen LogP) is 6.14. The van der Waals surface area contributed by atoms with Crippen LogP contribution in [-0.2, 0) is 27.8 Å². The first-order valence-electron chi connectivity index (χ1n) is 12.4. The zero-order chi connectivity index (χ0) is 26.1. The number of carbonyl (C=O) groups is 2. The number of rotatable bonds is 10. The molecular weight excluding hydrogens is 452 g/mol. The molecule has 3 rings (SSSR count). The third-order valence-electron chi connectivity index (χ3n) is 5.87. The lowest BCUT2D eigenvalue weighted by Crippen LogP contribution is -2.23. The minimum Gasteiger partial charge on any atom is -0.480 e. The van der Waals surface area contributed by atoms with Crippen molar-refractivity contribution < 1.29 is 19.1 Å². The maximum Gasteiger partial charge on any atom is 0.262 e. The van der Waals surface area contributed by atoms with Crippen LogP contribution in [0, 0.1) is 0 Å². The molecule has 2 amide bonds. The number of anilines is 2. The number of ether oxygens (including phenoxy) is 2. The summed E-state index contributed by atoms with van der Waals surface area (Å²) in [6.45, 7) is 10.0. The van der Waals surface area contributed by atoms with Crippen LogP contribution in [0.15, 0.2) is 66.7 Å². The molecule has 36 heavy (non-hydrogen) atoms. The minimum absolute atomic E-state index is 0.125. The second kappa shape index (κ2) is 12.2. The van der Waals surface area contributed by atoms with E-state index >= 15 is 0 Å². The zero-order valence-corrected chi connectivity index (χ0v) is 21.8. The lowest BCUT2D eigenvalue weighted by Gasteiger charge is -2.21. The first-order valence-corrected chi connectivity index (χ1v) is 12.4.